The molecule has 2 atom stereocenters. The molecule has 1 rings (SSSR count). The van der Waals surface area contributed by atoms with E-state index >= 15 is 0 Å². The van der Waals surface area contributed by atoms with E-state index in [9.17, 15) is 0 Å². The van der Waals surface area contributed by atoms with Crippen molar-refractivity contribution in [2.75, 3.05) is 26.2 Å². The zero-order valence-corrected chi connectivity index (χ0v) is 10.2. The van der Waals surface area contributed by atoms with Gasteiger partial charge >= 0.3 is 0 Å². The molecule has 1 saturated heterocycles. The zero-order valence-electron chi connectivity index (χ0n) is 10.2. The van der Waals surface area contributed by atoms with Gasteiger partial charge in [0.2, 0.25) is 0 Å². The number of nitrogens with zero attached hydrogens (tertiary/aromatic N) is 1. The Morgan fingerprint density at radius 1 is 1.13 bits per heavy atom. The summed E-state index contributed by atoms with van der Waals surface area (Å²) in [7, 11) is 0. The van der Waals surface area contributed by atoms with Crippen molar-refractivity contribution in [3.8, 4) is 0 Å². The van der Waals surface area contributed by atoms with Crippen molar-refractivity contribution in [2.24, 2.45) is 5.73 Å². The number of rotatable bonds is 7. The molecule has 1 aliphatic rings. The molecular weight excluding hydrogens is 188 g/mol. The summed E-state index contributed by atoms with van der Waals surface area (Å²) in [6.45, 7) is 8.64. The van der Waals surface area contributed by atoms with Crippen LogP contribution in [0.5, 0.6) is 0 Å². The molecule has 15 heavy (non-hydrogen) atoms. The van der Waals surface area contributed by atoms with Crippen molar-refractivity contribution >= 4 is 0 Å². The summed E-state index contributed by atoms with van der Waals surface area (Å²) in [6, 6.07) is 0. The molecule has 0 aromatic rings. The largest absolute Gasteiger partial charge is 0.372 e. The van der Waals surface area contributed by atoms with Gasteiger partial charge in [0.25, 0.3) is 0 Å². The fourth-order valence-electron chi connectivity index (χ4n) is 2.30. The van der Waals surface area contributed by atoms with Crippen LogP contribution in [0, 0.1) is 0 Å². The van der Waals surface area contributed by atoms with E-state index < -0.39 is 0 Å². The molecule has 0 bridgehead atoms. The summed E-state index contributed by atoms with van der Waals surface area (Å²) in [6.07, 6.45) is 5.54. The fraction of sp³-hybridized carbons (Fsp3) is 1.00. The van der Waals surface area contributed by atoms with E-state index in [1.807, 2.05) is 0 Å². The number of hydrogen-bond acceptors (Lipinski definition) is 3. The van der Waals surface area contributed by atoms with Crippen molar-refractivity contribution in [1.82, 2.24) is 4.90 Å². The first-order valence-corrected chi connectivity index (χ1v) is 6.38. The molecule has 0 aliphatic carbocycles. The highest BCUT2D eigenvalue weighted by Crippen LogP contribution is 2.19. The maximum atomic E-state index is 5.87. The first-order valence-electron chi connectivity index (χ1n) is 6.38. The van der Waals surface area contributed by atoms with Gasteiger partial charge in [0, 0.05) is 13.1 Å². The maximum Gasteiger partial charge on any atom is 0.0707 e. The highest BCUT2D eigenvalue weighted by molar-refractivity contribution is 4.76. The normalized spacial score (nSPS) is 26.4. The lowest BCUT2D eigenvalue weighted by Gasteiger charge is -2.24. The second-order valence-electron chi connectivity index (χ2n) is 4.49. The molecular formula is C12H26N2O. The van der Waals surface area contributed by atoms with Gasteiger partial charge in [0.05, 0.1) is 12.2 Å². The number of nitrogens with two attached hydrogens (primary N) is 1. The van der Waals surface area contributed by atoms with Gasteiger partial charge in [-0.15, -0.1) is 0 Å². The molecule has 1 fully saturated rings. The van der Waals surface area contributed by atoms with Crippen molar-refractivity contribution in [3.63, 3.8) is 0 Å². The Balaban J connectivity index is 2.25. The van der Waals surface area contributed by atoms with Gasteiger partial charge in [0.1, 0.15) is 0 Å². The minimum atomic E-state index is 0.320. The Hall–Kier alpha value is -0.120. The maximum absolute atomic E-state index is 5.87. The molecule has 0 amide bonds. The van der Waals surface area contributed by atoms with Crippen molar-refractivity contribution in [2.45, 2.75) is 51.7 Å². The van der Waals surface area contributed by atoms with Crippen LogP contribution in [0.4, 0.5) is 0 Å². The molecule has 3 nitrogen and oxygen atoms in total. The first kappa shape index (κ1) is 12.9. The van der Waals surface area contributed by atoms with Crippen LogP contribution in [0.3, 0.4) is 0 Å². The Morgan fingerprint density at radius 2 is 1.73 bits per heavy atom. The molecule has 0 unspecified atom stereocenters. The average Bonchev–Trinajstić information content (AvgIpc) is 2.66. The first-order chi connectivity index (χ1) is 7.30. The van der Waals surface area contributed by atoms with E-state index in [0.717, 1.165) is 13.0 Å². The third-order valence-corrected chi connectivity index (χ3v) is 3.00. The fourth-order valence-corrected chi connectivity index (χ4v) is 2.30. The topological polar surface area (TPSA) is 38.5 Å². The second kappa shape index (κ2) is 7.20. The van der Waals surface area contributed by atoms with Crippen LogP contribution in [-0.2, 0) is 4.74 Å². The van der Waals surface area contributed by atoms with E-state index in [-0.39, 0.29) is 0 Å². The van der Waals surface area contributed by atoms with Crippen LogP contribution in [0.1, 0.15) is 39.5 Å². The Bertz CT molecular complexity index is 158. The molecule has 0 spiro atoms. The van der Waals surface area contributed by atoms with Gasteiger partial charge in [0.15, 0.2) is 0 Å². The third kappa shape index (κ3) is 4.49. The summed E-state index contributed by atoms with van der Waals surface area (Å²) >= 11 is 0. The molecule has 1 heterocycles. The summed E-state index contributed by atoms with van der Waals surface area (Å²) in [5, 5.41) is 0. The average molecular weight is 214 g/mol. The number of hydrogen-bond donors (Lipinski definition) is 1. The third-order valence-electron chi connectivity index (χ3n) is 3.00. The molecule has 0 saturated carbocycles. The van der Waals surface area contributed by atoms with Gasteiger partial charge in [-0.25, -0.2) is 0 Å². The zero-order chi connectivity index (χ0) is 11.1. The smallest absolute Gasteiger partial charge is 0.0707 e. The summed E-state index contributed by atoms with van der Waals surface area (Å²) in [5.41, 5.74) is 5.61. The molecule has 2 N–H and O–H groups in total. The lowest BCUT2D eigenvalue weighted by molar-refractivity contribution is 0.0270. The Kier molecular flexibility index (Phi) is 6.22. The van der Waals surface area contributed by atoms with Gasteiger partial charge < -0.3 is 15.4 Å². The van der Waals surface area contributed by atoms with Crippen LogP contribution in [0.15, 0.2) is 0 Å². The van der Waals surface area contributed by atoms with Crippen LogP contribution < -0.4 is 5.73 Å². The van der Waals surface area contributed by atoms with Gasteiger partial charge in [-0.2, -0.15) is 0 Å². The highest BCUT2D eigenvalue weighted by Gasteiger charge is 2.25. The Morgan fingerprint density at radius 3 is 2.20 bits per heavy atom. The Labute approximate surface area is 94.0 Å². The van der Waals surface area contributed by atoms with Crippen molar-refractivity contribution < 1.29 is 4.74 Å². The lowest BCUT2D eigenvalue weighted by atomic mass is 10.2. The molecule has 0 aromatic heterocycles. The van der Waals surface area contributed by atoms with E-state index in [0.29, 0.717) is 18.8 Å². The van der Waals surface area contributed by atoms with Crippen LogP contribution in [0.2, 0.25) is 0 Å². The second-order valence-corrected chi connectivity index (χ2v) is 4.49. The van der Waals surface area contributed by atoms with Gasteiger partial charge in [-0.05, 0) is 38.8 Å². The molecule has 3 heteroatoms. The highest BCUT2D eigenvalue weighted by atomic mass is 16.5. The summed E-state index contributed by atoms with van der Waals surface area (Å²) < 4.78 is 5.87. The van der Waals surface area contributed by atoms with E-state index in [1.54, 1.807) is 0 Å². The minimum absolute atomic E-state index is 0.320. The van der Waals surface area contributed by atoms with Gasteiger partial charge in [-0.1, -0.05) is 13.8 Å². The quantitative estimate of drug-likeness (QED) is 0.700. The minimum Gasteiger partial charge on any atom is -0.372 e. The molecule has 90 valence electrons. The lowest BCUT2D eigenvalue weighted by Crippen LogP contribution is -2.34. The molecule has 0 aromatic carbocycles. The van der Waals surface area contributed by atoms with Crippen molar-refractivity contribution in [1.29, 1.82) is 0 Å². The molecule has 1 aliphatic heterocycles. The number of ether oxygens (including phenoxy) is 1. The van der Waals surface area contributed by atoms with Gasteiger partial charge in [-0.3, -0.25) is 0 Å². The van der Waals surface area contributed by atoms with E-state index in [4.69, 9.17) is 10.5 Å². The van der Waals surface area contributed by atoms with Crippen molar-refractivity contribution in [3.05, 3.63) is 0 Å². The monoisotopic (exact) mass is 214 g/mol. The summed E-state index contributed by atoms with van der Waals surface area (Å²) in [4.78, 5) is 2.52. The molecule has 0 radical (unpaired) electrons. The predicted octanol–water partition coefficient (Wildman–Crippen LogP) is 1.61. The predicted molar refractivity (Wildman–Crippen MR) is 64.0 cm³/mol. The SMILES string of the molecule is CCCN(CCC)C[C@@H]1CC[C@H](CN)O1. The van der Waals surface area contributed by atoms with E-state index in [1.165, 1.54) is 32.4 Å². The van der Waals surface area contributed by atoms with Crippen LogP contribution >= 0.6 is 0 Å². The summed E-state index contributed by atoms with van der Waals surface area (Å²) in [5.74, 6) is 0. The standard InChI is InChI=1S/C12H26N2O/c1-3-7-14(8-4-2)10-12-6-5-11(9-13)15-12/h11-12H,3-10,13H2,1-2H3/t11-,12+/m1/s1. The van der Waals surface area contributed by atoms with Crippen LogP contribution in [-0.4, -0.2) is 43.3 Å². The van der Waals surface area contributed by atoms with E-state index in [2.05, 4.69) is 18.7 Å². The van der Waals surface area contributed by atoms with Crippen LogP contribution in [0.25, 0.3) is 0 Å².